The van der Waals surface area contributed by atoms with Crippen LogP contribution in [0.1, 0.15) is 5.56 Å². The van der Waals surface area contributed by atoms with Gasteiger partial charge in [-0.15, -0.1) is 0 Å². The Morgan fingerprint density at radius 1 is 0.935 bits per heavy atom. The molecule has 1 N–H and O–H groups in total. The van der Waals surface area contributed by atoms with Gasteiger partial charge in [0.25, 0.3) is 5.91 Å². The Balaban J connectivity index is 1.72. The molecule has 7 heteroatoms. The summed E-state index contributed by atoms with van der Waals surface area (Å²) < 4.78 is 11.1. The lowest BCUT2D eigenvalue weighted by atomic mass is 10.0. The van der Waals surface area contributed by atoms with Gasteiger partial charge in [-0.2, -0.15) is 0 Å². The maximum absolute atomic E-state index is 13.3. The van der Waals surface area contributed by atoms with E-state index in [4.69, 9.17) is 21.7 Å². The third-order valence-electron chi connectivity index (χ3n) is 4.82. The normalized spacial score (nSPS) is 14.9. The maximum atomic E-state index is 13.3. The van der Waals surface area contributed by atoms with Gasteiger partial charge in [-0.25, -0.2) is 0 Å². The van der Waals surface area contributed by atoms with Crippen molar-refractivity contribution in [2.45, 2.75) is 0 Å². The van der Waals surface area contributed by atoms with E-state index in [1.165, 1.54) is 29.8 Å². The molecule has 0 unspecified atom stereocenters. The number of amides is 1. The summed E-state index contributed by atoms with van der Waals surface area (Å²) in [7, 11) is 3.04. The van der Waals surface area contributed by atoms with E-state index in [9.17, 15) is 9.90 Å². The van der Waals surface area contributed by atoms with Crippen molar-refractivity contribution < 1.29 is 19.4 Å². The van der Waals surface area contributed by atoms with Crippen molar-refractivity contribution in [2.75, 3.05) is 19.1 Å². The van der Waals surface area contributed by atoms with Crippen LogP contribution in [0.15, 0.2) is 71.6 Å². The van der Waals surface area contributed by atoms with Gasteiger partial charge in [0.1, 0.15) is 5.75 Å². The van der Waals surface area contributed by atoms with Crippen LogP contribution in [0.3, 0.4) is 0 Å². The second-order valence-electron chi connectivity index (χ2n) is 6.70. The third kappa shape index (κ3) is 4.15. The lowest BCUT2D eigenvalue weighted by Crippen LogP contribution is -2.28. The largest absolute Gasteiger partial charge is 0.504 e. The summed E-state index contributed by atoms with van der Waals surface area (Å²) in [5.41, 5.74) is 3.31. The molecule has 1 amide bonds. The van der Waals surface area contributed by atoms with Gasteiger partial charge in [0.2, 0.25) is 0 Å². The first kappa shape index (κ1) is 21.0. The monoisotopic (exact) mass is 449 g/mol. The fourth-order valence-corrected chi connectivity index (χ4v) is 4.57. The van der Waals surface area contributed by atoms with E-state index in [0.29, 0.717) is 26.4 Å². The summed E-state index contributed by atoms with van der Waals surface area (Å²) in [6.45, 7) is 0. The lowest BCUT2D eigenvalue weighted by molar-refractivity contribution is -0.113. The number of anilines is 1. The van der Waals surface area contributed by atoms with Crippen LogP contribution in [0.4, 0.5) is 5.69 Å². The smallest absolute Gasteiger partial charge is 0.270 e. The zero-order valence-corrected chi connectivity index (χ0v) is 18.5. The van der Waals surface area contributed by atoms with Gasteiger partial charge in [-0.05, 0) is 47.0 Å². The molecule has 0 saturated carbocycles. The standard InChI is InChI=1S/C24H19NO4S2/c1-28-20-11-9-17(16-6-4-3-5-7-16)14-18(20)25-23(27)22(31-24(25)30)13-15-8-10-19(26)21(12-15)29-2/h3-14,26H,1-2H3. The molecule has 0 spiro atoms. The molecule has 3 aromatic rings. The Hall–Kier alpha value is -3.29. The van der Waals surface area contributed by atoms with Crippen molar-refractivity contribution in [3.05, 3.63) is 77.2 Å². The summed E-state index contributed by atoms with van der Waals surface area (Å²) in [4.78, 5) is 15.2. The fourth-order valence-electron chi connectivity index (χ4n) is 3.29. The fraction of sp³-hybridized carbons (Fsp3) is 0.0833. The van der Waals surface area contributed by atoms with Gasteiger partial charge in [0, 0.05) is 0 Å². The van der Waals surface area contributed by atoms with Crippen molar-refractivity contribution in [1.82, 2.24) is 0 Å². The summed E-state index contributed by atoms with van der Waals surface area (Å²) >= 11 is 6.76. The predicted molar refractivity (Wildman–Crippen MR) is 129 cm³/mol. The molecule has 1 fully saturated rings. The first-order valence-electron chi connectivity index (χ1n) is 9.40. The highest BCUT2D eigenvalue weighted by atomic mass is 32.2. The number of carbonyl (C=O) groups is 1. The molecule has 1 saturated heterocycles. The highest BCUT2D eigenvalue weighted by Crippen LogP contribution is 2.42. The molecule has 0 atom stereocenters. The van der Waals surface area contributed by atoms with E-state index >= 15 is 0 Å². The van der Waals surface area contributed by atoms with Crippen molar-refractivity contribution in [3.63, 3.8) is 0 Å². The SMILES string of the molecule is COc1cc(C=C2SC(=S)N(c3cc(-c4ccccc4)ccc3OC)C2=O)ccc1O. The molecule has 0 aromatic heterocycles. The average molecular weight is 450 g/mol. The molecular weight excluding hydrogens is 430 g/mol. The number of thiocarbonyl (C=S) groups is 1. The van der Waals surface area contributed by atoms with Gasteiger partial charge in [0.15, 0.2) is 15.8 Å². The Morgan fingerprint density at radius 2 is 1.68 bits per heavy atom. The van der Waals surface area contributed by atoms with Gasteiger partial charge >= 0.3 is 0 Å². The molecular formula is C24H19NO4S2. The molecule has 0 radical (unpaired) electrons. The minimum Gasteiger partial charge on any atom is -0.504 e. The molecule has 0 aliphatic carbocycles. The number of hydrogen-bond acceptors (Lipinski definition) is 6. The Bertz CT molecular complexity index is 1190. The summed E-state index contributed by atoms with van der Waals surface area (Å²) in [5, 5.41) is 9.80. The van der Waals surface area contributed by atoms with E-state index in [1.807, 2.05) is 48.5 Å². The average Bonchev–Trinajstić information content (AvgIpc) is 3.07. The van der Waals surface area contributed by atoms with Crippen LogP contribution in [0, 0.1) is 0 Å². The molecule has 1 heterocycles. The molecule has 156 valence electrons. The molecule has 0 bridgehead atoms. The molecule has 5 nitrogen and oxygen atoms in total. The quantitative estimate of drug-likeness (QED) is 0.411. The number of carbonyl (C=O) groups excluding carboxylic acids is 1. The van der Waals surface area contributed by atoms with Crippen LogP contribution in [-0.2, 0) is 4.79 Å². The summed E-state index contributed by atoms with van der Waals surface area (Å²) in [5.74, 6) is 0.699. The van der Waals surface area contributed by atoms with Crippen LogP contribution in [-0.4, -0.2) is 29.6 Å². The number of methoxy groups -OCH3 is 2. The van der Waals surface area contributed by atoms with Crippen molar-refractivity contribution in [3.8, 4) is 28.4 Å². The number of rotatable bonds is 5. The van der Waals surface area contributed by atoms with Crippen molar-refractivity contribution in [1.29, 1.82) is 0 Å². The highest BCUT2D eigenvalue weighted by molar-refractivity contribution is 8.27. The van der Waals surface area contributed by atoms with E-state index in [0.717, 1.165) is 16.7 Å². The van der Waals surface area contributed by atoms with E-state index < -0.39 is 0 Å². The summed E-state index contributed by atoms with van der Waals surface area (Å²) in [6.07, 6.45) is 1.73. The van der Waals surface area contributed by atoms with Crippen LogP contribution in [0.25, 0.3) is 17.2 Å². The van der Waals surface area contributed by atoms with Crippen LogP contribution < -0.4 is 14.4 Å². The van der Waals surface area contributed by atoms with Gasteiger partial charge in [-0.3, -0.25) is 9.69 Å². The molecule has 31 heavy (non-hydrogen) atoms. The summed E-state index contributed by atoms with van der Waals surface area (Å²) in [6, 6.07) is 20.5. The lowest BCUT2D eigenvalue weighted by Gasteiger charge is -2.19. The number of phenols is 1. The second kappa shape index (κ2) is 8.83. The van der Waals surface area contributed by atoms with Crippen molar-refractivity contribution in [2.24, 2.45) is 0 Å². The van der Waals surface area contributed by atoms with Gasteiger partial charge < -0.3 is 14.6 Å². The first-order chi connectivity index (χ1) is 15.0. The maximum Gasteiger partial charge on any atom is 0.270 e. The Labute approximate surface area is 189 Å². The number of hydrogen-bond donors (Lipinski definition) is 1. The highest BCUT2D eigenvalue weighted by Gasteiger charge is 2.35. The van der Waals surface area contributed by atoms with E-state index in [2.05, 4.69) is 0 Å². The predicted octanol–water partition coefficient (Wildman–Crippen LogP) is 5.48. The Kier molecular flexibility index (Phi) is 5.97. The van der Waals surface area contributed by atoms with Crippen LogP contribution in [0.2, 0.25) is 0 Å². The number of nitrogens with zero attached hydrogens (tertiary/aromatic N) is 1. The van der Waals surface area contributed by atoms with Crippen LogP contribution in [0.5, 0.6) is 17.2 Å². The number of benzene rings is 3. The minimum atomic E-state index is -0.231. The van der Waals surface area contributed by atoms with Crippen LogP contribution >= 0.6 is 24.0 Å². The minimum absolute atomic E-state index is 0.0367. The molecule has 4 rings (SSSR count). The third-order valence-corrected chi connectivity index (χ3v) is 6.12. The van der Waals surface area contributed by atoms with Gasteiger partial charge in [-0.1, -0.05) is 66.4 Å². The molecule has 3 aromatic carbocycles. The first-order valence-corrected chi connectivity index (χ1v) is 10.6. The van der Waals surface area contributed by atoms with Crippen molar-refractivity contribution >= 4 is 46.0 Å². The van der Waals surface area contributed by atoms with E-state index in [1.54, 1.807) is 25.3 Å². The second-order valence-corrected chi connectivity index (χ2v) is 8.38. The number of aromatic hydroxyl groups is 1. The topological polar surface area (TPSA) is 59.0 Å². The van der Waals surface area contributed by atoms with Gasteiger partial charge in [0.05, 0.1) is 24.8 Å². The zero-order chi connectivity index (χ0) is 22.0. The number of phenolic OH excluding ortho intramolecular Hbond substituents is 1. The number of ether oxygens (including phenoxy) is 2. The Morgan fingerprint density at radius 3 is 2.39 bits per heavy atom. The molecule has 1 aliphatic heterocycles. The number of thioether (sulfide) groups is 1. The van der Waals surface area contributed by atoms with E-state index in [-0.39, 0.29) is 11.7 Å². The molecule has 1 aliphatic rings. The zero-order valence-electron chi connectivity index (χ0n) is 16.9.